The quantitative estimate of drug-likeness (QED) is 0.455. The highest BCUT2D eigenvalue weighted by atomic mass is 16.2. The number of aryl methyl sites for hydroxylation is 1. The summed E-state index contributed by atoms with van der Waals surface area (Å²) in [5.74, 6) is -2.84. The fraction of sp³-hybridized carbons (Fsp3) is 0.200. The number of aromatic nitrogens is 1. The molecule has 1 saturated heterocycles. The molecule has 11 nitrogen and oxygen atoms in total. The van der Waals surface area contributed by atoms with E-state index in [1.165, 1.54) is 16.7 Å². The molecule has 2 aromatic carbocycles. The Morgan fingerprint density at radius 3 is 2.50 bits per heavy atom. The molecule has 1 unspecified atom stereocenters. The van der Waals surface area contributed by atoms with Crippen molar-refractivity contribution in [2.24, 2.45) is 7.05 Å². The number of fused-ring (bicyclic) bond motifs is 2. The molecule has 182 valence electrons. The van der Waals surface area contributed by atoms with E-state index in [1.54, 1.807) is 43.4 Å². The Kier molecular flexibility index (Phi) is 5.59. The molecule has 0 saturated carbocycles. The largest absolute Gasteiger partial charge is 0.375 e. The highest BCUT2D eigenvalue weighted by Gasteiger charge is 2.45. The molecule has 1 fully saturated rings. The average Bonchev–Trinajstić information content (AvgIpc) is 3.11. The van der Waals surface area contributed by atoms with Gasteiger partial charge in [0.15, 0.2) is 0 Å². The Bertz CT molecular complexity index is 1540. The van der Waals surface area contributed by atoms with Crippen LogP contribution in [-0.2, 0) is 21.4 Å². The Labute approximate surface area is 204 Å². The van der Waals surface area contributed by atoms with Gasteiger partial charge in [0.25, 0.3) is 17.4 Å². The summed E-state index contributed by atoms with van der Waals surface area (Å²) in [4.78, 5) is 75.4. The predicted octanol–water partition coefficient (Wildman–Crippen LogP) is 0.990. The van der Waals surface area contributed by atoms with E-state index in [-0.39, 0.29) is 41.8 Å². The first-order valence-corrected chi connectivity index (χ1v) is 11.2. The smallest absolute Gasteiger partial charge is 0.264 e. The van der Waals surface area contributed by atoms with E-state index in [0.29, 0.717) is 16.6 Å². The van der Waals surface area contributed by atoms with Gasteiger partial charge >= 0.3 is 0 Å². The van der Waals surface area contributed by atoms with E-state index in [9.17, 15) is 28.8 Å². The molecule has 3 heterocycles. The van der Waals surface area contributed by atoms with Crippen LogP contribution in [0.4, 0.5) is 11.4 Å². The second-order valence-corrected chi connectivity index (χ2v) is 8.55. The van der Waals surface area contributed by atoms with Crippen LogP contribution in [0.1, 0.15) is 33.6 Å². The molecular weight excluding hydrogens is 466 g/mol. The predicted molar refractivity (Wildman–Crippen MR) is 129 cm³/mol. The molecule has 0 radical (unpaired) electrons. The van der Waals surface area contributed by atoms with Crippen molar-refractivity contribution in [2.75, 3.05) is 17.2 Å². The van der Waals surface area contributed by atoms with Gasteiger partial charge < -0.3 is 15.2 Å². The highest BCUT2D eigenvalue weighted by Crippen LogP contribution is 2.32. The lowest BCUT2D eigenvalue weighted by atomic mass is 10.0. The van der Waals surface area contributed by atoms with Gasteiger partial charge in [0.05, 0.1) is 28.9 Å². The molecule has 3 aromatic rings. The molecule has 0 aliphatic carbocycles. The molecule has 2 aliphatic rings. The third-order valence-electron chi connectivity index (χ3n) is 6.35. The van der Waals surface area contributed by atoms with Crippen molar-refractivity contribution < 1.29 is 24.0 Å². The number of hydrogen-bond acceptors (Lipinski definition) is 7. The third kappa shape index (κ3) is 3.80. The monoisotopic (exact) mass is 487 g/mol. The van der Waals surface area contributed by atoms with Crippen molar-refractivity contribution in [2.45, 2.75) is 18.9 Å². The van der Waals surface area contributed by atoms with Crippen LogP contribution in [0.2, 0.25) is 0 Å². The van der Waals surface area contributed by atoms with Crippen molar-refractivity contribution in [1.82, 2.24) is 14.8 Å². The SMILES string of the molecule is Cn1c(=O)ccc2c(NC(=O)CNc3cccc4c3C(=O)N(C3CCC(=O)NC3=O)C4=O)cccc21. The first kappa shape index (κ1) is 23.0. The number of hydrogen-bond donors (Lipinski definition) is 3. The molecule has 3 N–H and O–H groups in total. The number of amides is 5. The van der Waals surface area contributed by atoms with Gasteiger partial charge in [-0.3, -0.25) is 39.0 Å². The minimum absolute atomic E-state index is 0.0252. The van der Waals surface area contributed by atoms with E-state index in [0.717, 1.165) is 4.90 Å². The van der Waals surface area contributed by atoms with Crippen molar-refractivity contribution in [1.29, 1.82) is 0 Å². The molecule has 1 atom stereocenters. The summed E-state index contributed by atoms with van der Waals surface area (Å²) in [7, 11) is 1.64. The van der Waals surface area contributed by atoms with Crippen LogP contribution in [0.5, 0.6) is 0 Å². The highest BCUT2D eigenvalue weighted by molar-refractivity contribution is 6.25. The molecule has 1 aromatic heterocycles. The maximum Gasteiger partial charge on any atom is 0.264 e. The molecule has 2 aliphatic heterocycles. The third-order valence-corrected chi connectivity index (χ3v) is 6.35. The van der Waals surface area contributed by atoms with Crippen LogP contribution in [-0.4, -0.2) is 51.6 Å². The van der Waals surface area contributed by atoms with Crippen LogP contribution in [0.15, 0.2) is 53.3 Å². The van der Waals surface area contributed by atoms with Crippen LogP contribution in [0.25, 0.3) is 10.9 Å². The topological polar surface area (TPSA) is 147 Å². The van der Waals surface area contributed by atoms with E-state index >= 15 is 0 Å². The number of nitrogens with one attached hydrogen (secondary N) is 3. The lowest BCUT2D eigenvalue weighted by Crippen LogP contribution is -2.54. The van der Waals surface area contributed by atoms with Crippen LogP contribution in [0.3, 0.4) is 0 Å². The van der Waals surface area contributed by atoms with Crippen molar-refractivity contribution in [3.8, 4) is 0 Å². The van der Waals surface area contributed by atoms with Crippen LogP contribution < -0.4 is 21.5 Å². The number of nitrogens with zero attached hydrogens (tertiary/aromatic N) is 2. The second kappa shape index (κ2) is 8.77. The van der Waals surface area contributed by atoms with Gasteiger partial charge in [-0.25, -0.2) is 0 Å². The zero-order valence-electron chi connectivity index (χ0n) is 19.2. The summed E-state index contributed by atoms with van der Waals surface area (Å²) >= 11 is 0. The van der Waals surface area contributed by atoms with Gasteiger partial charge in [-0.05, 0) is 36.8 Å². The zero-order valence-corrected chi connectivity index (χ0v) is 19.2. The molecule has 11 heteroatoms. The Balaban J connectivity index is 1.34. The maximum atomic E-state index is 13.2. The van der Waals surface area contributed by atoms with E-state index in [1.807, 2.05) is 0 Å². The molecule has 5 rings (SSSR count). The number of rotatable bonds is 5. The number of piperidine rings is 1. The van der Waals surface area contributed by atoms with Crippen molar-refractivity contribution in [3.63, 3.8) is 0 Å². The lowest BCUT2D eigenvalue weighted by Gasteiger charge is -2.27. The molecular formula is C25H21N5O6. The van der Waals surface area contributed by atoms with Gasteiger partial charge in [-0.15, -0.1) is 0 Å². The minimum atomic E-state index is -1.08. The second-order valence-electron chi connectivity index (χ2n) is 8.55. The van der Waals surface area contributed by atoms with Gasteiger partial charge in [-0.1, -0.05) is 12.1 Å². The van der Waals surface area contributed by atoms with Gasteiger partial charge in [-0.2, -0.15) is 0 Å². The number of benzene rings is 2. The summed E-state index contributed by atoms with van der Waals surface area (Å²) in [6.45, 7) is -0.210. The summed E-state index contributed by atoms with van der Waals surface area (Å²) in [6, 6.07) is 11.8. The normalized spacial score (nSPS) is 17.2. The number of imide groups is 2. The van der Waals surface area contributed by atoms with E-state index in [2.05, 4.69) is 16.0 Å². The first-order chi connectivity index (χ1) is 17.3. The number of pyridine rings is 1. The molecule has 5 amide bonds. The number of anilines is 2. The fourth-order valence-electron chi connectivity index (χ4n) is 4.55. The van der Waals surface area contributed by atoms with Gasteiger partial charge in [0, 0.05) is 30.6 Å². The summed E-state index contributed by atoms with van der Waals surface area (Å²) in [5.41, 5.74) is 1.47. The fourth-order valence-corrected chi connectivity index (χ4v) is 4.55. The number of carbonyl (C=O) groups excluding carboxylic acids is 5. The van der Waals surface area contributed by atoms with E-state index < -0.39 is 35.6 Å². The summed E-state index contributed by atoms with van der Waals surface area (Å²) in [5, 5.41) is 8.55. The molecule has 36 heavy (non-hydrogen) atoms. The van der Waals surface area contributed by atoms with Gasteiger partial charge in [0.2, 0.25) is 17.7 Å². The molecule has 0 bridgehead atoms. The zero-order chi connectivity index (χ0) is 25.6. The number of carbonyl (C=O) groups is 5. The van der Waals surface area contributed by atoms with Crippen LogP contribution in [0, 0.1) is 0 Å². The maximum absolute atomic E-state index is 13.2. The summed E-state index contributed by atoms with van der Waals surface area (Å²) < 4.78 is 1.48. The van der Waals surface area contributed by atoms with Crippen molar-refractivity contribution in [3.05, 3.63) is 70.0 Å². The van der Waals surface area contributed by atoms with E-state index in [4.69, 9.17) is 0 Å². The Hall–Kier alpha value is -4.80. The van der Waals surface area contributed by atoms with Gasteiger partial charge in [0.1, 0.15) is 6.04 Å². The lowest BCUT2D eigenvalue weighted by molar-refractivity contribution is -0.136. The standard InChI is InChI=1S/C25H21N5O6/c1-29-17-7-3-5-15(13(17)8-11-21(29)33)27-20(32)12-26-16-6-2-4-14-22(16)25(36)30(24(14)35)18-9-10-19(31)28-23(18)34/h2-8,11,18,26H,9-10,12H2,1H3,(H,27,32)(H,28,31,34). The minimum Gasteiger partial charge on any atom is -0.375 e. The Morgan fingerprint density at radius 2 is 1.72 bits per heavy atom. The Morgan fingerprint density at radius 1 is 0.972 bits per heavy atom. The van der Waals surface area contributed by atoms with Crippen molar-refractivity contribution >= 4 is 51.8 Å². The molecule has 0 spiro atoms. The summed E-state index contributed by atoms with van der Waals surface area (Å²) in [6.07, 6.45) is 0.0787. The first-order valence-electron chi connectivity index (χ1n) is 11.2. The average molecular weight is 487 g/mol. The van der Waals surface area contributed by atoms with Crippen LogP contribution >= 0.6 is 0 Å².